The zero-order valence-electron chi connectivity index (χ0n) is 26.2. The highest BCUT2D eigenvalue weighted by atomic mass is 19.2. The summed E-state index contributed by atoms with van der Waals surface area (Å²) in [4.78, 5) is 0. The fourth-order valence-corrected chi connectivity index (χ4v) is 6.46. The van der Waals surface area contributed by atoms with Crippen LogP contribution in [0.2, 0.25) is 0 Å². The maximum atomic E-state index is 15.1. The van der Waals surface area contributed by atoms with Crippen molar-refractivity contribution in [3.05, 3.63) is 53.1 Å². The molecule has 0 radical (unpaired) electrons. The van der Waals surface area contributed by atoms with Gasteiger partial charge in [0.2, 0.25) is 5.82 Å². The lowest BCUT2D eigenvalue weighted by atomic mass is 9.77. The smallest absolute Gasteiger partial charge is 0.201 e. The largest absolute Gasteiger partial charge is 0.490 e. The molecule has 5 heteroatoms. The Bertz CT molecular complexity index is 1040. The molecule has 42 heavy (non-hydrogen) atoms. The van der Waals surface area contributed by atoms with Gasteiger partial charge in [-0.05, 0) is 48.8 Å². The number of benzene rings is 2. The first-order valence-electron chi connectivity index (χ1n) is 17.0. The molecule has 0 unspecified atom stereocenters. The van der Waals surface area contributed by atoms with Gasteiger partial charge in [-0.25, -0.2) is 13.2 Å². The molecular weight excluding hydrogens is 536 g/mol. The van der Waals surface area contributed by atoms with Crippen molar-refractivity contribution >= 4 is 0 Å². The number of ether oxygens (including phenoxy) is 1. The summed E-state index contributed by atoms with van der Waals surface area (Å²) in [5.74, 6) is -3.30. The Balaban J connectivity index is 1.45. The molecule has 0 atom stereocenters. The highest BCUT2D eigenvalue weighted by molar-refractivity contribution is 5.66. The molecule has 1 saturated carbocycles. The normalized spacial score (nSPS) is 17.1. The second-order valence-electron chi connectivity index (χ2n) is 12.6. The lowest BCUT2D eigenvalue weighted by Gasteiger charge is -2.28. The summed E-state index contributed by atoms with van der Waals surface area (Å²) < 4.78 is 65.2. The van der Waals surface area contributed by atoms with E-state index in [1.807, 2.05) is 0 Å². The highest BCUT2D eigenvalue weighted by Crippen LogP contribution is 2.36. The second-order valence-corrected chi connectivity index (χ2v) is 12.6. The van der Waals surface area contributed by atoms with Gasteiger partial charge in [-0.3, -0.25) is 0 Å². The predicted octanol–water partition coefficient (Wildman–Crippen LogP) is 12.5. The van der Waals surface area contributed by atoms with Crippen molar-refractivity contribution in [2.24, 2.45) is 11.8 Å². The molecule has 0 bridgehead atoms. The molecular formula is C37H54F4O. The third-order valence-corrected chi connectivity index (χ3v) is 9.26. The lowest BCUT2D eigenvalue weighted by Crippen LogP contribution is -2.15. The molecule has 0 amide bonds. The SMILES string of the molecule is CCCCCCCCCC1CCC(CCc2ccc(-c3ccc(OCCCCCCCC)c(F)c3F)c(F)c2F)CC1. The monoisotopic (exact) mass is 590 g/mol. The van der Waals surface area contributed by atoms with Gasteiger partial charge in [0.05, 0.1) is 6.61 Å². The van der Waals surface area contributed by atoms with Crippen LogP contribution in [0.3, 0.4) is 0 Å². The van der Waals surface area contributed by atoms with E-state index in [2.05, 4.69) is 13.8 Å². The lowest BCUT2D eigenvalue weighted by molar-refractivity contribution is 0.248. The molecule has 0 N–H and O–H groups in total. The number of hydrogen-bond donors (Lipinski definition) is 0. The summed E-state index contributed by atoms with van der Waals surface area (Å²) in [5, 5.41) is 0. The van der Waals surface area contributed by atoms with E-state index in [-0.39, 0.29) is 16.9 Å². The fourth-order valence-electron chi connectivity index (χ4n) is 6.46. The van der Waals surface area contributed by atoms with Crippen LogP contribution >= 0.6 is 0 Å². The van der Waals surface area contributed by atoms with Gasteiger partial charge >= 0.3 is 0 Å². The van der Waals surface area contributed by atoms with E-state index in [0.29, 0.717) is 24.5 Å². The van der Waals surface area contributed by atoms with Crippen LogP contribution in [0.25, 0.3) is 11.1 Å². The van der Waals surface area contributed by atoms with Crippen molar-refractivity contribution < 1.29 is 22.3 Å². The minimum Gasteiger partial charge on any atom is -0.490 e. The van der Waals surface area contributed by atoms with Crippen molar-refractivity contribution in [1.82, 2.24) is 0 Å². The molecule has 2 aromatic carbocycles. The van der Waals surface area contributed by atoms with Gasteiger partial charge in [0.25, 0.3) is 0 Å². The first kappa shape index (κ1) is 34.5. The van der Waals surface area contributed by atoms with Gasteiger partial charge in [0.15, 0.2) is 23.2 Å². The Morgan fingerprint density at radius 2 is 1.05 bits per heavy atom. The zero-order chi connectivity index (χ0) is 30.2. The molecule has 0 aliphatic heterocycles. The molecule has 3 rings (SSSR count). The fraction of sp³-hybridized carbons (Fsp3) is 0.676. The molecule has 0 spiro atoms. The van der Waals surface area contributed by atoms with Crippen LogP contribution in [-0.2, 0) is 6.42 Å². The van der Waals surface area contributed by atoms with Gasteiger partial charge in [-0.15, -0.1) is 0 Å². The minimum absolute atomic E-state index is 0.195. The third kappa shape index (κ3) is 10.9. The quantitative estimate of drug-likeness (QED) is 0.110. The summed E-state index contributed by atoms with van der Waals surface area (Å²) >= 11 is 0. The van der Waals surface area contributed by atoms with Crippen LogP contribution in [-0.4, -0.2) is 6.61 Å². The number of hydrogen-bond acceptors (Lipinski definition) is 1. The van der Waals surface area contributed by atoms with Crippen LogP contribution < -0.4 is 4.74 Å². The zero-order valence-corrected chi connectivity index (χ0v) is 26.2. The number of unbranched alkanes of at least 4 members (excludes halogenated alkanes) is 11. The molecule has 1 aliphatic carbocycles. The molecule has 236 valence electrons. The summed E-state index contributed by atoms with van der Waals surface area (Å²) in [6.07, 6.45) is 23.1. The van der Waals surface area contributed by atoms with Crippen molar-refractivity contribution in [2.45, 2.75) is 142 Å². The Labute approximate surface area is 252 Å². The van der Waals surface area contributed by atoms with E-state index in [0.717, 1.165) is 50.9 Å². The van der Waals surface area contributed by atoms with Gasteiger partial charge in [0, 0.05) is 11.1 Å². The predicted molar refractivity (Wildman–Crippen MR) is 167 cm³/mol. The van der Waals surface area contributed by atoms with Crippen LogP contribution in [0.5, 0.6) is 5.75 Å². The topological polar surface area (TPSA) is 9.23 Å². The van der Waals surface area contributed by atoms with Crippen LogP contribution in [0.4, 0.5) is 17.6 Å². The average molecular weight is 591 g/mol. The molecule has 1 nitrogen and oxygen atoms in total. The van der Waals surface area contributed by atoms with Crippen molar-refractivity contribution in [3.63, 3.8) is 0 Å². The van der Waals surface area contributed by atoms with Crippen LogP contribution in [0, 0.1) is 35.1 Å². The number of halogens is 4. The Morgan fingerprint density at radius 3 is 1.67 bits per heavy atom. The van der Waals surface area contributed by atoms with Gasteiger partial charge in [0.1, 0.15) is 0 Å². The van der Waals surface area contributed by atoms with E-state index in [1.165, 1.54) is 101 Å². The summed E-state index contributed by atoms with van der Waals surface area (Å²) in [6.45, 7) is 4.70. The van der Waals surface area contributed by atoms with Gasteiger partial charge in [-0.1, -0.05) is 135 Å². The summed E-state index contributed by atoms with van der Waals surface area (Å²) in [7, 11) is 0. The Hall–Kier alpha value is -2.04. The molecule has 1 fully saturated rings. The molecule has 2 aromatic rings. The first-order valence-corrected chi connectivity index (χ1v) is 17.0. The van der Waals surface area contributed by atoms with E-state index in [4.69, 9.17) is 4.74 Å². The molecule has 0 saturated heterocycles. The first-order chi connectivity index (χ1) is 20.5. The highest BCUT2D eigenvalue weighted by Gasteiger charge is 2.24. The summed E-state index contributed by atoms with van der Waals surface area (Å²) in [6, 6.07) is 5.49. The van der Waals surface area contributed by atoms with E-state index < -0.39 is 23.3 Å². The average Bonchev–Trinajstić information content (AvgIpc) is 3.00. The maximum Gasteiger partial charge on any atom is 0.201 e. The standard InChI is InChI=1S/C37H54F4O/c1-3-5-7-9-11-12-14-16-28-17-19-29(20-18-28)21-22-30-23-24-31(35(39)34(30)38)32-25-26-33(37(41)36(32)40)42-27-15-13-10-8-6-4-2/h23-26,28-29H,3-22,27H2,1-2H3. The van der Waals surface area contributed by atoms with E-state index in [9.17, 15) is 8.78 Å². The molecule has 0 aromatic heterocycles. The Kier molecular flexibility index (Phi) is 15.8. The van der Waals surface area contributed by atoms with Crippen LogP contribution in [0.15, 0.2) is 24.3 Å². The Morgan fingerprint density at radius 1 is 0.548 bits per heavy atom. The third-order valence-electron chi connectivity index (χ3n) is 9.26. The van der Waals surface area contributed by atoms with Gasteiger partial charge < -0.3 is 4.74 Å². The van der Waals surface area contributed by atoms with Crippen LogP contribution in [0.1, 0.15) is 141 Å². The van der Waals surface area contributed by atoms with Crippen molar-refractivity contribution in [3.8, 4) is 16.9 Å². The van der Waals surface area contributed by atoms with E-state index >= 15 is 8.78 Å². The van der Waals surface area contributed by atoms with Crippen molar-refractivity contribution in [1.29, 1.82) is 0 Å². The summed E-state index contributed by atoms with van der Waals surface area (Å²) in [5.41, 5.74) is -0.246. The molecule has 0 heterocycles. The second kappa shape index (κ2) is 19.3. The number of aryl methyl sites for hydroxylation is 1. The van der Waals surface area contributed by atoms with E-state index in [1.54, 1.807) is 0 Å². The van der Waals surface area contributed by atoms with Gasteiger partial charge in [-0.2, -0.15) is 4.39 Å². The van der Waals surface area contributed by atoms with Crippen molar-refractivity contribution in [2.75, 3.05) is 6.61 Å². The minimum atomic E-state index is -1.21. The maximum absolute atomic E-state index is 15.1. The number of rotatable bonds is 20. The molecule has 1 aliphatic rings.